The van der Waals surface area contributed by atoms with E-state index in [-0.39, 0.29) is 10.9 Å². The molecule has 1 aromatic carbocycles. The molecule has 146 valence electrons. The van der Waals surface area contributed by atoms with Crippen molar-refractivity contribution < 1.29 is 13.2 Å². The zero-order valence-electron chi connectivity index (χ0n) is 15.7. The van der Waals surface area contributed by atoms with Crippen LogP contribution in [0.3, 0.4) is 0 Å². The molecule has 1 aliphatic rings. The molecule has 0 spiro atoms. The molecular formula is C18H28ClN3O3S. The van der Waals surface area contributed by atoms with Gasteiger partial charge < -0.3 is 10.2 Å². The van der Waals surface area contributed by atoms with E-state index in [1.54, 1.807) is 12.1 Å². The zero-order chi connectivity index (χ0) is 19.3. The van der Waals surface area contributed by atoms with E-state index in [1.807, 2.05) is 0 Å². The molecule has 1 heterocycles. The van der Waals surface area contributed by atoms with E-state index in [0.29, 0.717) is 17.8 Å². The number of nitrogens with zero attached hydrogens (tertiary/aromatic N) is 2. The smallest absolute Gasteiger partial charge is 0.252 e. The number of carbonyl (C=O) groups excluding carboxylic acids is 1. The Labute approximate surface area is 161 Å². The number of hydrogen-bond donors (Lipinski definition) is 1. The van der Waals surface area contributed by atoms with Crippen LogP contribution in [0.15, 0.2) is 18.2 Å². The summed E-state index contributed by atoms with van der Waals surface area (Å²) in [6, 6.07) is 4.63. The van der Waals surface area contributed by atoms with Gasteiger partial charge in [0.2, 0.25) is 10.0 Å². The Morgan fingerprint density at radius 3 is 2.77 bits per heavy atom. The van der Waals surface area contributed by atoms with Crippen LogP contribution in [-0.2, 0) is 10.0 Å². The lowest BCUT2D eigenvalue weighted by Crippen LogP contribution is -2.36. The van der Waals surface area contributed by atoms with Gasteiger partial charge >= 0.3 is 0 Å². The molecular weight excluding hydrogens is 374 g/mol. The number of likely N-dealkylation sites (tertiary alicyclic amines) is 1. The number of anilines is 1. The number of sulfonamides is 1. The maximum Gasteiger partial charge on any atom is 0.252 e. The summed E-state index contributed by atoms with van der Waals surface area (Å²) in [7, 11) is -1.92. The van der Waals surface area contributed by atoms with Crippen LogP contribution >= 0.6 is 11.6 Å². The summed E-state index contributed by atoms with van der Waals surface area (Å²) in [4.78, 5) is 14.8. The highest BCUT2D eigenvalue weighted by molar-refractivity contribution is 7.92. The number of halogens is 1. The molecule has 1 aromatic rings. The fourth-order valence-corrected chi connectivity index (χ4v) is 3.92. The quantitative estimate of drug-likeness (QED) is 0.713. The predicted octanol–water partition coefficient (Wildman–Crippen LogP) is 2.59. The minimum absolute atomic E-state index is 0.236. The van der Waals surface area contributed by atoms with Gasteiger partial charge in [-0.2, -0.15) is 0 Å². The van der Waals surface area contributed by atoms with Crippen LogP contribution in [-0.4, -0.2) is 58.7 Å². The molecule has 0 bridgehead atoms. The topological polar surface area (TPSA) is 69.7 Å². The Bertz CT molecular complexity index is 739. The Morgan fingerprint density at radius 1 is 1.42 bits per heavy atom. The van der Waals surface area contributed by atoms with E-state index in [1.165, 1.54) is 26.0 Å². The molecule has 6 nitrogen and oxygen atoms in total. The minimum Gasteiger partial charge on any atom is -0.352 e. The molecule has 0 aliphatic carbocycles. The fraction of sp³-hybridized carbons (Fsp3) is 0.611. The number of rotatable bonds is 7. The number of amides is 1. The lowest BCUT2D eigenvalue weighted by Gasteiger charge is -2.30. The number of piperidine rings is 1. The highest BCUT2D eigenvalue weighted by Gasteiger charge is 2.17. The first kappa shape index (κ1) is 21.0. The van der Waals surface area contributed by atoms with Crippen molar-refractivity contribution in [2.75, 3.05) is 43.8 Å². The highest BCUT2D eigenvalue weighted by Crippen LogP contribution is 2.24. The van der Waals surface area contributed by atoms with Crippen molar-refractivity contribution >= 4 is 33.2 Å². The number of nitrogens with one attached hydrogen (secondary N) is 1. The van der Waals surface area contributed by atoms with Crippen LogP contribution in [0.5, 0.6) is 0 Å². The SMILES string of the molecule is CC1CCCN(CCCNC(=O)c2ccc(N(C)S(C)(=O)=O)cc2Cl)C1. The molecule has 8 heteroatoms. The normalized spacial score (nSPS) is 18.5. The second-order valence-corrected chi connectivity index (χ2v) is 9.47. The molecule has 26 heavy (non-hydrogen) atoms. The summed E-state index contributed by atoms with van der Waals surface area (Å²) in [6.45, 7) is 6.12. The fourth-order valence-electron chi connectivity index (χ4n) is 3.17. The van der Waals surface area contributed by atoms with Gasteiger partial charge in [-0.3, -0.25) is 9.10 Å². The van der Waals surface area contributed by atoms with Crippen molar-refractivity contribution in [2.24, 2.45) is 5.92 Å². The largest absolute Gasteiger partial charge is 0.352 e. The van der Waals surface area contributed by atoms with E-state index < -0.39 is 10.0 Å². The van der Waals surface area contributed by atoms with Gasteiger partial charge in [0.15, 0.2) is 0 Å². The van der Waals surface area contributed by atoms with Crippen molar-refractivity contribution in [1.82, 2.24) is 10.2 Å². The van der Waals surface area contributed by atoms with Gasteiger partial charge in [0, 0.05) is 20.1 Å². The minimum atomic E-state index is -3.37. The van der Waals surface area contributed by atoms with Crippen molar-refractivity contribution in [2.45, 2.75) is 26.2 Å². The summed E-state index contributed by atoms with van der Waals surface area (Å²) in [6.07, 6.45) is 4.56. The summed E-state index contributed by atoms with van der Waals surface area (Å²) in [5.74, 6) is 0.510. The van der Waals surface area contributed by atoms with Crippen LogP contribution in [0.1, 0.15) is 36.5 Å². The third-order valence-corrected chi connectivity index (χ3v) is 6.25. The molecule has 0 saturated carbocycles. The van der Waals surface area contributed by atoms with Gasteiger partial charge in [-0.05, 0) is 56.5 Å². The summed E-state index contributed by atoms with van der Waals surface area (Å²) >= 11 is 6.18. The standard InChI is InChI=1S/C18H28ClN3O3S/c1-14-6-4-10-22(13-14)11-5-9-20-18(23)16-8-7-15(12-17(16)19)21(2)26(3,24)25/h7-8,12,14H,4-6,9-11,13H2,1-3H3,(H,20,23). The first-order chi connectivity index (χ1) is 12.2. The van der Waals surface area contributed by atoms with E-state index in [2.05, 4.69) is 17.1 Å². The van der Waals surface area contributed by atoms with Crippen molar-refractivity contribution in [3.63, 3.8) is 0 Å². The summed E-state index contributed by atoms with van der Waals surface area (Å²) in [5.41, 5.74) is 0.775. The number of hydrogen-bond acceptors (Lipinski definition) is 4. The average molecular weight is 402 g/mol. The second kappa shape index (κ2) is 9.06. The monoisotopic (exact) mass is 401 g/mol. The molecule has 2 rings (SSSR count). The Hall–Kier alpha value is -1.31. The van der Waals surface area contributed by atoms with Gasteiger partial charge in [0.1, 0.15) is 0 Å². The molecule has 1 fully saturated rings. The first-order valence-corrected chi connectivity index (χ1v) is 11.1. The number of benzene rings is 1. The van der Waals surface area contributed by atoms with Crippen LogP contribution in [0.4, 0.5) is 5.69 Å². The van der Waals surface area contributed by atoms with Gasteiger partial charge in [-0.15, -0.1) is 0 Å². The average Bonchev–Trinajstić information content (AvgIpc) is 2.57. The van der Waals surface area contributed by atoms with Crippen molar-refractivity contribution in [3.05, 3.63) is 28.8 Å². The predicted molar refractivity (Wildman–Crippen MR) is 106 cm³/mol. The summed E-state index contributed by atoms with van der Waals surface area (Å²) in [5, 5.41) is 3.12. The number of carbonyl (C=O) groups is 1. The first-order valence-electron chi connectivity index (χ1n) is 8.92. The zero-order valence-corrected chi connectivity index (χ0v) is 17.2. The lowest BCUT2D eigenvalue weighted by atomic mass is 10.0. The van der Waals surface area contributed by atoms with Gasteiger partial charge in [0.05, 0.1) is 22.5 Å². The second-order valence-electron chi connectivity index (χ2n) is 7.05. The van der Waals surface area contributed by atoms with Gasteiger partial charge in [0.25, 0.3) is 5.91 Å². The van der Waals surface area contributed by atoms with E-state index in [0.717, 1.165) is 42.5 Å². The van der Waals surface area contributed by atoms with Gasteiger partial charge in [-0.25, -0.2) is 8.42 Å². The Kier molecular flexibility index (Phi) is 7.32. The summed E-state index contributed by atoms with van der Waals surface area (Å²) < 4.78 is 24.3. The molecule has 1 unspecified atom stereocenters. The van der Waals surface area contributed by atoms with Crippen LogP contribution in [0.2, 0.25) is 5.02 Å². The molecule has 1 aliphatic heterocycles. The molecule has 0 aromatic heterocycles. The van der Waals surface area contributed by atoms with E-state index in [9.17, 15) is 13.2 Å². The third-order valence-electron chi connectivity index (χ3n) is 4.74. The Morgan fingerprint density at radius 2 is 2.15 bits per heavy atom. The van der Waals surface area contributed by atoms with E-state index >= 15 is 0 Å². The van der Waals surface area contributed by atoms with Crippen LogP contribution in [0.25, 0.3) is 0 Å². The molecule has 1 atom stereocenters. The Balaban J connectivity index is 1.85. The third kappa shape index (κ3) is 5.86. The molecule has 1 amide bonds. The van der Waals surface area contributed by atoms with Crippen LogP contribution < -0.4 is 9.62 Å². The van der Waals surface area contributed by atoms with Gasteiger partial charge in [-0.1, -0.05) is 18.5 Å². The van der Waals surface area contributed by atoms with Crippen LogP contribution in [0, 0.1) is 5.92 Å². The lowest BCUT2D eigenvalue weighted by molar-refractivity contribution is 0.0950. The van der Waals surface area contributed by atoms with E-state index in [4.69, 9.17) is 11.6 Å². The maximum absolute atomic E-state index is 12.3. The molecule has 1 saturated heterocycles. The van der Waals surface area contributed by atoms with Crippen molar-refractivity contribution in [3.8, 4) is 0 Å². The highest BCUT2D eigenvalue weighted by atomic mass is 35.5. The van der Waals surface area contributed by atoms with Crippen molar-refractivity contribution in [1.29, 1.82) is 0 Å². The molecule has 1 N–H and O–H groups in total. The molecule has 0 radical (unpaired) electrons. The maximum atomic E-state index is 12.3.